The highest BCUT2D eigenvalue weighted by Crippen LogP contribution is 2.21. The Morgan fingerprint density at radius 3 is 2.88 bits per heavy atom. The highest BCUT2D eigenvalue weighted by Gasteiger charge is 2.06. The molecule has 0 aliphatic rings. The van der Waals surface area contributed by atoms with Gasteiger partial charge in [-0.2, -0.15) is 4.98 Å². The van der Waals surface area contributed by atoms with Gasteiger partial charge in [0, 0.05) is 13.6 Å². The molecule has 1 aromatic rings. The van der Waals surface area contributed by atoms with E-state index in [0.717, 1.165) is 25.3 Å². The van der Waals surface area contributed by atoms with Gasteiger partial charge in [0.2, 0.25) is 5.88 Å². The Bertz CT molecular complexity index is 330. The summed E-state index contributed by atoms with van der Waals surface area (Å²) in [5.41, 5.74) is 6.27. The van der Waals surface area contributed by atoms with Gasteiger partial charge in [-0.3, -0.25) is 0 Å². The molecule has 1 aromatic heterocycles. The van der Waals surface area contributed by atoms with Gasteiger partial charge in [0.15, 0.2) is 0 Å². The number of nitrogens with two attached hydrogens (primary N) is 1. The maximum atomic E-state index is 5.71. The SMILES string of the molecule is CNCCCN(C)c1ccc(N)c(OC)n1. The van der Waals surface area contributed by atoms with Crippen LogP contribution in [-0.2, 0) is 0 Å². The predicted molar refractivity (Wildman–Crippen MR) is 67.0 cm³/mol. The monoisotopic (exact) mass is 224 g/mol. The Labute approximate surface area is 96.6 Å². The summed E-state index contributed by atoms with van der Waals surface area (Å²) in [4.78, 5) is 6.41. The van der Waals surface area contributed by atoms with Crippen LogP contribution in [0.25, 0.3) is 0 Å². The Hall–Kier alpha value is -1.49. The number of nitrogens with zero attached hydrogens (tertiary/aromatic N) is 2. The number of rotatable bonds is 6. The van der Waals surface area contributed by atoms with Gasteiger partial charge in [-0.25, -0.2) is 0 Å². The minimum Gasteiger partial charge on any atom is -0.479 e. The summed E-state index contributed by atoms with van der Waals surface area (Å²) >= 11 is 0. The highest BCUT2D eigenvalue weighted by molar-refractivity contribution is 5.54. The van der Waals surface area contributed by atoms with Gasteiger partial charge in [-0.1, -0.05) is 0 Å². The quantitative estimate of drug-likeness (QED) is 0.697. The maximum Gasteiger partial charge on any atom is 0.238 e. The minimum absolute atomic E-state index is 0.484. The van der Waals surface area contributed by atoms with Crippen LogP contribution in [0.1, 0.15) is 6.42 Å². The van der Waals surface area contributed by atoms with Crippen LogP contribution >= 0.6 is 0 Å². The summed E-state index contributed by atoms with van der Waals surface area (Å²) in [5, 5.41) is 3.11. The average molecular weight is 224 g/mol. The molecule has 0 atom stereocenters. The number of hydrogen-bond donors (Lipinski definition) is 2. The molecule has 5 nitrogen and oxygen atoms in total. The van der Waals surface area contributed by atoms with Crippen molar-refractivity contribution in [3.8, 4) is 5.88 Å². The number of hydrogen-bond acceptors (Lipinski definition) is 5. The van der Waals surface area contributed by atoms with Crippen molar-refractivity contribution < 1.29 is 4.74 Å². The van der Waals surface area contributed by atoms with Crippen molar-refractivity contribution >= 4 is 11.5 Å². The van der Waals surface area contributed by atoms with Crippen molar-refractivity contribution in [3.05, 3.63) is 12.1 Å². The molecular weight excluding hydrogens is 204 g/mol. The summed E-state index contributed by atoms with van der Waals surface area (Å²) < 4.78 is 5.09. The van der Waals surface area contributed by atoms with Crippen LogP contribution in [0.15, 0.2) is 12.1 Å². The van der Waals surface area contributed by atoms with E-state index in [4.69, 9.17) is 10.5 Å². The number of aromatic nitrogens is 1. The van der Waals surface area contributed by atoms with Crippen molar-refractivity contribution in [2.75, 3.05) is 44.9 Å². The van der Waals surface area contributed by atoms with E-state index in [-0.39, 0.29) is 0 Å². The predicted octanol–water partition coefficient (Wildman–Crippen LogP) is 0.718. The van der Waals surface area contributed by atoms with Crippen LogP contribution in [-0.4, -0.2) is 39.3 Å². The second-order valence-electron chi connectivity index (χ2n) is 3.65. The van der Waals surface area contributed by atoms with Crippen molar-refractivity contribution in [1.82, 2.24) is 10.3 Å². The van der Waals surface area contributed by atoms with Crippen molar-refractivity contribution in [2.24, 2.45) is 0 Å². The van der Waals surface area contributed by atoms with E-state index in [1.54, 1.807) is 7.11 Å². The topological polar surface area (TPSA) is 63.4 Å². The molecule has 0 fully saturated rings. The summed E-state index contributed by atoms with van der Waals surface area (Å²) in [6, 6.07) is 3.72. The highest BCUT2D eigenvalue weighted by atomic mass is 16.5. The molecule has 0 radical (unpaired) electrons. The Morgan fingerprint density at radius 1 is 1.50 bits per heavy atom. The molecular formula is C11H20N4O. The second-order valence-corrected chi connectivity index (χ2v) is 3.65. The van der Waals surface area contributed by atoms with Crippen molar-refractivity contribution in [1.29, 1.82) is 0 Å². The fourth-order valence-electron chi connectivity index (χ4n) is 1.43. The first-order valence-electron chi connectivity index (χ1n) is 5.35. The Morgan fingerprint density at radius 2 is 2.25 bits per heavy atom. The molecule has 0 aromatic carbocycles. The molecule has 1 heterocycles. The lowest BCUT2D eigenvalue weighted by Crippen LogP contribution is -2.23. The molecule has 0 saturated heterocycles. The van der Waals surface area contributed by atoms with Crippen LogP contribution in [0.4, 0.5) is 11.5 Å². The normalized spacial score (nSPS) is 10.2. The van der Waals surface area contributed by atoms with Crippen molar-refractivity contribution in [2.45, 2.75) is 6.42 Å². The van der Waals surface area contributed by atoms with Gasteiger partial charge in [0.05, 0.1) is 12.8 Å². The number of nitrogens with one attached hydrogen (secondary N) is 1. The first kappa shape index (κ1) is 12.6. The summed E-state index contributed by atoms with van der Waals surface area (Å²) in [6.45, 7) is 1.94. The first-order chi connectivity index (χ1) is 7.69. The lowest BCUT2D eigenvalue weighted by atomic mass is 10.3. The van der Waals surface area contributed by atoms with E-state index in [9.17, 15) is 0 Å². The fraction of sp³-hybridized carbons (Fsp3) is 0.545. The van der Waals surface area contributed by atoms with Crippen LogP contribution in [0.5, 0.6) is 5.88 Å². The smallest absolute Gasteiger partial charge is 0.238 e. The van der Waals surface area contributed by atoms with E-state index < -0.39 is 0 Å². The van der Waals surface area contributed by atoms with Crippen LogP contribution in [0, 0.1) is 0 Å². The molecule has 0 amide bonds. The van der Waals surface area contributed by atoms with Crippen LogP contribution < -0.4 is 20.7 Å². The zero-order chi connectivity index (χ0) is 12.0. The first-order valence-corrected chi connectivity index (χ1v) is 5.35. The van der Waals surface area contributed by atoms with Gasteiger partial charge in [-0.05, 0) is 32.1 Å². The van der Waals surface area contributed by atoms with Crippen molar-refractivity contribution in [3.63, 3.8) is 0 Å². The lowest BCUT2D eigenvalue weighted by Gasteiger charge is -2.18. The number of pyridine rings is 1. The standard InChI is InChI=1S/C11H20N4O/c1-13-7-4-8-15(2)10-6-5-9(12)11(14-10)16-3/h5-6,13H,4,7-8,12H2,1-3H3. The van der Waals surface area contributed by atoms with Gasteiger partial charge in [-0.15, -0.1) is 0 Å². The zero-order valence-corrected chi connectivity index (χ0v) is 10.2. The number of anilines is 2. The Kier molecular flexibility index (Phi) is 4.85. The molecule has 0 aliphatic carbocycles. The van der Waals surface area contributed by atoms with Gasteiger partial charge in [0.1, 0.15) is 5.82 Å². The third kappa shape index (κ3) is 3.27. The summed E-state index contributed by atoms with van der Waals surface area (Å²) in [6.07, 6.45) is 1.07. The maximum absolute atomic E-state index is 5.71. The van der Waals surface area contributed by atoms with E-state index in [0.29, 0.717) is 11.6 Å². The van der Waals surface area contributed by atoms with E-state index >= 15 is 0 Å². The van der Waals surface area contributed by atoms with E-state index in [2.05, 4.69) is 15.2 Å². The Balaban J connectivity index is 2.64. The zero-order valence-electron chi connectivity index (χ0n) is 10.2. The number of methoxy groups -OCH3 is 1. The lowest BCUT2D eigenvalue weighted by molar-refractivity contribution is 0.400. The average Bonchev–Trinajstić information content (AvgIpc) is 2.30. The fourth-order valence-corrected chi connectivity index (χ4v) is 1.43. The molecule has 0 saturated carbocycles. The van der Waals surface area contributed by atoms with E-state index in [1.807, 2.05) is 26.2 Å². The molecule has 1 rings (SSSR count). The number of ether oxygens (including phenoxy) is 1. The second kappa shape index (κ2) is 6.17. The minimum atomic E-state index is 0.484. The third-order valence-electron chi connectivity index (χ3n) is 2.38. The van der Waals surface area contributed by atoms with Gasteiger partial charge >= 0.3 is 0 Å². The molecule has 0 unspecified atom stereocenters. The van der Waals surface area contributed by atoms with Gasteiger partial charge < -0.3 is 20.7 Å². The molecule has 90 valence electrons. The largest absolute Gasteiger partial charge is 0.479 e. The van der Waals surface area contributed by atoms with Crippen LogP contribution in [0.2, 0.25) is 0 Å². The molecule has 16 heavy (non-hydrogen) atoms. The third-order valence-corrected chi connectivity index (χ3v) is 2.38. The van der Waals surface area contributed by atoms with Crippen LogP contribution in [0.3, 0.4) is 0 Å². The molecule has 0 bridgehead atoms. The molecule has 5 heteroatoms. The summed E-state index contributed by atoms with van der Waals surface area (Å²) in [7, 11) is 5.53. The molecule has 0 aliphatic heterocycles. The summed E-state index contributed by atoms with van der Waals surface area (Å²) in [5.74, 6) is 1.36. The molecule has 0 spiro atoms. The van der Waals surface area contributed by atoms with E-state index in [1.165, 1.54) is 0 Å². The number of nitrogen functional groups attached to an aromatic ring is 1. The van der Waals surface area contributed by atoms with Gasteiger partial charge in [0.25, 0.3) is 0 Å². The molecule has 3 N–H and O–H groups in total.